The molecule has 0 aliphatic heterocycles. The van der Waals surface area contributed by atoms with Crippen molar-refractivity contribution in [1.82, 2.24) is 5.32 Å². The van der Waals surface area contributed by atoms with Gasteiger partial charge in [0.2, 0.25) is 5.91 Å². The number of amides is 1. The van der Waals surface area contributed by atoms with E-state index in [1.54, 1.807) is 24.3 Å². The van der Waals surface area contributed by atoms with Crippen LogP contribution in [-0.4, -0.2) is 30.6 Å². The lowest BCUT2D eigenvalue weighted by atomic mass is 9.95. The van der Waals surface area contributed by atoms with Gasteiger partial charge in [-0.05, 0) is 24.6 Å². The van der Waals surface area contributed by atoms with Gasteiger partial charge in [0.25, 0.3) is 0 Å². The molecule has 1 rings (SSSR count). The van der Waals surface area contributed by atoms with Crippen LogP contribution < -0.4 is 10.1 Å². The first kappa shape index (κ1) is 14.0. The zero-order valence-electron chi connectivity index (χ0n) is 10.5. The van der Waals surface area contributed by atoms with Crippen LogP contribution in [0.4, 0.5) is 0 Å². The lowest BCUT2D eigenvalue weighted by molar-refractivity contribution is -0.140. The fourth-order valence-electron chi connectivity index (χ4n) is 1.62. The Kier molecular flexibility index (Phi) is 5.17. The van der Waals surface area contributed by atoms with Gasteiger partial charge in [0.05, 0.1) is 12.5 Å². The molecule has 0 bridgehead atoms. The summed E-state index contributed by atoms with van der Waals surface area (Å²) < 4.78 is 5.31. The number of hydrogen-bond donors (Lipinski definition) is 2. The Labute approximate surface area is 106 Å². The highest BCUT2D eigenvalue weighted by Gasteiger charge is 2.23. The van der Waals surface area contributed by atoms with E-state index >= 15 is 0 Å². The van der Waals surface area contributed by atoms with Crippen molar-refractivity contribution < 1.29 is 19.4 Å². The average molecular weight is 251 g/mol. The first-order chi connectivity index (χ1) is 8.58. The summed E-state index contributed by atoms with van der Waals surface area (Å²) in [6, 6.07) is 6.82. The van der Waals surface area contributed by atoms with Crippen molar-refractivity contribution in [3.05, 3.63) is 29.8 Å². The lowest BCUT2D eigenvalue weighted by Crippen LogP contribution is -2.24. The summed E-state index contributed by atoms with van der Waals surface area (Å²) in [6.45, 7) is 2.36. The van der Waals surface area contributed by atoms with Gasteiger partial charge in [0.1, 0.15) is 5.75 Å². The van der Waals surface area contributed by atoms with Crippen molar-refractivity contribution in [1.29, 1.82) is 0 Å². The fraction of sp³-hybridized carbons (Fsp3) is 0.385. The molecule has 0 saturated carbocycles. The van der Waals surface area contributed by atoms with E-state index in [1.165, 1.54) is 7.05 Å². The standard InChI is InChI=1S/C13H17NO4/c1-3-18-10-6-4-5-9(7-10)11(13(16)17)8-12(15)14-2/h4-7,11H,3,8H2,1-2H3,(H,14,15)(H,16,17). The Balaban J connectivity index is 2.94. The molecule has 0 aromatic heterocycles. The van der Waals surface area contributed by atoms with Crippen LogP contribution in [0.2, 0.25) is 0 Å². The number of ether oxygens (including phenoxy) is 1. The van der Waals surface area contributed by atoms with Gasteiger partial charge in [-0.15, -0.1) is 0 Å². The minimum absolute atomic E-state index is 0.0819. The zero-order chi connectivity index (χ0) is 13.5. The Morgan fingerprint density at radius 3 is 2.72 bits per heavy atom. The summed E-state index contributed by atoms with van der Waals surface area (Å²) in [6.07, 6.45) is -0.0819. The number of carboxylic acids is 1. The Bertz CT molecular complexity index is 431. The lowest BCUT2D eigenvalue weighted by Gasteiger charge is -2.13. The topological polar surface area (TPSA) is 75.6 Å². The van der Waals surface area contributed by atoms with Crippen LogP contribution in [0.5, 0.6) is 5.75 Å². The van der Waals surface area contributed by atoms with Crippen molar-refractivity contribution in [3.63, 3.8) is 0 Å². The largest absolute Gasteiger partial charge is 0.494 e. The van der Waals surface area contributed by atoms with Gasteiger partial charge in [-0.2, -0.15) is 0 Å². The van der Waals surface area contributed by atoms with Crippen molar-refractivity contribution in [2.45, 2.75) is 19.3 Å². The highest BCUT2D eigenvalue weighted by molar-refractivity contribution is 5.85. The number of carbonyl (C=O) groups is 2. The minimum Gasteiger partial charge on any atom is -0.494 e. The Morgan fingerprint density at radius 1 is 1.44 bits per heavy atom. The predicted octanol–water partition coefficient (Wildman–Crippen LogP) is 1.39. The SMILES string of the molecule is CCOc1cccc(C(CC(=O)NC)C(=O)O)c1. The minimum atomic E-state index is -1.02. The first-order valence-corrected chi connectivity index (χ1v) is 5.74. The van der Waals surface area contributed by atoms with Crippen LogP contribution in [0.15, 0.2) is 24.3 Å². The number of nitrogens with one attached hydrogen (secondary N) is 1. The highest BCUT2D eigenvalue weighted by Crippen LogP contribution is 2.24. The molecule has 0 heterocycles. The van der Waals surface area contributed by atoms with Gasteiger partial charge in [-0.1, -0.05) is 12.1 Å². The van der Waals surface area contributed by atoms with E-state index in [1.807, 2.05) is 6.92 Å². The van der Waals surface area contributed by atoms with E-state index in [-0.39, 0.29) is 12.3 Å². The number of aliphatic carboxylic acids is 1. The second-order valence-corrected chi connectivity index (χ2v) is 3.77. The maximum absolute atomic E-state index is 11.3. The van der Waals surface area contributed by atoms with Crippen LogP contribution in [0.3, 0.4) is 0 Å². The summed E-state index contributed by atoms with van der Waals surface area (Å²) in [5.41, 5.74) is 0.567. The Morgan fingerprint density at radius 2 is 2.17 bits per heavy atom. The van der Waals surface area contributed by atoms with E-state index in [0.717, 1.165) is 0 Å². The maximum Gasteiger partial charge on any atom is 0.311 e. The van der Waals surface area contributed by atoms with Crippen LogP contribution in [0, 0.1) is 0 Å². The molecular weight excluding hydrogens is 234 g/mol. The summed E-state index contributed by atoms with van der Waals surface area (Å²) in [7, 11) is 1.48. The molecule has 5 nitrogen and oxygen atoms in total. The van der Waals surface area contributed by atoms with Crippen molar-refractivity contribution >= 4 is 11.9 Å². The average Bonchev–Trinajstić information content (AvgIpc) is 2.36. The second kappa shape index (κ2) is 6.64. The monoisotopic (exact) mass is 251 g/mol. The molecule has 0 spiro atoms. The summed E-state index contributed by atoms with van der Waals surface area (Å²) in [5.74, 6) is -1.57. The Hall–Kier alpha value is -2.04. The highest BCUT2D eigenvalue weighted by atomic mass is 16.5. The molecule has 0 saturated heterocycles. The number of benzene rings is 1. The molecule has 1 amide bonds. The van der Waals surface area contributed by atoms with E-state index in [2.05, 4.69) is 5.32 Å². The van der Waals surface area contributed by atoms with Crippen molar-refractivity contribution in [3.8, 4) is 5.75 Å². The van der Waals surface area contributed by atoms with Crippen molar-refractivity contribution in [2.24, 2.45) is 0 Å². The molecular formula is C13H17NO4. The fourth-order valence-corrected chi connectivity index (χ4v) is 1.62. The van der Waals surface area contributed by atoms with Gasteiger partial charge in [-0.25, -0.2) is 0 Å². The van der Waals surface area contributed by atoms with Crippen LogP contribution in [0.25, 0.3) is 0 Å². The van der Waals surface area contributed by atoms with Gasteiger partial charge in [0, 0.05) is 13.5 Å². The molecule has 98 valence electrons. The third-order valence-electron chi connectivity index (χ3n) is 2.54. The van der Waals surface area contributed by atoms with E-state index < -0.39 is 11.9 Å². The molecule has 0 aliphatic carbocycles. The molecule has 0 aliphatic rings. The third-order valence-corrected chi connectivity index (χ3v) is 2.54. The molecule has 1 unspecified atom stereocenters. The second-order valence-electron chi connectivity index (χ2n) is 3.77. The number of rotatable bonds is 6. The molecule has 2 N–H and O–H groups in total. The molecule has 5 heteroatoms. The van der Waals surface area contributed by atoms with Crippen LogP contribution in [0.1, 0.15) is 24.8 Å². The summed E-state index contributed by atoms with van der Waals surface area (Å²) in [5, 5.41) is 11.6. The first-order valence-electron chi connectivity index (χ1n) is 5.74. The molecule has 0 radical (unpaired) electrons. The van der Waals surface area contributed by atoms with Gasteiger partial charge < -0.3 is 15.2 Å². The van der Waals surface area contributed by atoms with Gasteiger partial charge >= 0.3 is 5.97 Å². The summed E-state index contributed by atoms with van der Waals surface area (Å²) in [4.78, 5) is 22.5. The quantitative estimate of drug-likeness (QED) is 0.801. The molecule has 1 aromatic carbocycles. The maximum atomic E-state index is 11.3. The third kappa shape index (κ3) is 3.76. The van der Waals surface area contributed by atoms with Crippen LogP contribution >= 0.6 is 0 Å². The predicted molar refractivity (Wildman–Crippen MR) is 66.7 cm³/mol. The number of hydrogen-bond acceptors (Lipinski definition) is 3. The van der Waals surface area contributed by atoms with E-state index in [0.29, 0.717) is 17.9 Å². The molecule has 18 heavy (non-hydrogen) atoms. The molecule has 1 atom stereocenters. The molecule has 1 aromatic rings. The van der Waals surface area contributed by atoms with E-state index in [4.69, 9.17) is 4.74 Å². The van der Waals surface area contributed by atoms with Crippen molar-refractivity contribution in [2.75, 3.05) is 13.7 Å². The number of carboxylic acid groups (broad SMARTS) is 1. The molecule has 0 fully saturated rings. The summed E-state index contributed by atoms with van der Waals surface area (Å²) >= 11 is 0. The normalized spacial score (nSPS) is 11.7. The number of carbonyl (C=O) groups excluding carboxylic acids is 1. The smallest absolute Gasteiger partial charge is 0.311 e. The van der Waals surface area contributed by atoms with E-state index in [9.17, 15) is 14.7 Å². The zero-order valence-corrected chi connectivity index (χ0v) is 10.5. The van der Waals surface area contributed by atoms with Gasteiger partial charge in [0.15, 0.2) is 0 Å². The van der Waals surface area contributed by atoms with Crippen LogP contribution in [-0.2, 0) is 9.59 Å². The van der Waals surface area contributed by atoms with Gasteiger partial charge in [-0.3, -0.25) is 9.59 Å².